The predicted octanol–water partition coefficient (Wildman–Crippen LogP) is 3.27. The molecular weight excluding hydrogens is 300 g/mol. The van der Waals surface area contributed by atoms with Gasteiger partial charge in [-0.3, -0.25) is 14.8 Å². The summed E-state index contributed by atoms with van der Waals surface area (Å²) in [4.78, 5) is 24.0. The highest BCUT2D eigenvalue weighted by Gasteiger charge is 2.07. The Morgan fingerprint density at radius 2 is 2.23 bits per heavy atom. The summed E-state index contributed by atoms with van der Waals surface area (Å²) < 4.78 is 5.85. The number of ether oxygens (including phenoxy) is 1. The first-order valence-corrected chi connectivity index (χ1v) is 7.35. The van der Waals surface area contributed by atoms with Crippen molar-refractivity contribution in [1.82, 2.24) is 15.0 Å². The summed E-state index contributed by atoms with van der Waals surface area (Å²) in [5.74, 6) is 1.78. The first kappa shape index (κ1) is 14.2. The van der Waals surface area contributed by atoms with E-state index in [2.05, 4.69) is 20.3 Å². The average molecular weight is 312 g/mol. The van der Waals surface area contributed by atoms with Crippen LogP contribution in [-0.2, 0) is 4.79 Å². The van der Waals surface area contributed by atoms with Crippen molar-refractivity contribution < 1.29 is 9.53 Å². The van der Waals surface area contributed by atoms with Crippen molar-refractivity contribution in [1.29, 1.82) is 0 Å². The van der Waals surface area contributed by atoms with Crippen LogP contribution >= 0.6 is 11.3 Å². The number of nitrogens with zero attached hydrogens (tertiary/aromatic N) is 3. The van der Waals surface area contributed by atoms with Gasteiger partial charge in [-0.1, -0.05) is 0 Å². The Morgan fingerprint density at radius 3 is 2.95 bits per heavy atom. The summed E-state index contributed by atoms with van der Waals surface area (Å²) in [5.41, 5.74) is 3.25. The molecule has 3 heterocycles. The number of aryl methyl sites for hydroxylation is 1. The molecule has 0 fully saturated rings. The maximum absolute atomic E-state index is 10.4. The molecule has 0 aliphatic rings. The van der Waals surface area contributed by atoms with Crippen molar-refractivity contribution in [3.8, 4) is 22.1 Å². The van der Waals surface area contributed by atoms with Crippen molar-refractivity contribution in [3.63, 3.8) is 0 Å². The second-order valence-corrected chi connectivity index (χ2v) is 5.27. The maximum atomic E-state index is 10.4. The van der Waals surface area contributed by atoms with Crippen LogP contribution in [0, 0.1) is 6.92 Å². The average Bonchev–Trinajstić information content (AvgIpc) is 3.05. The van der Waals surface area contributed by atoms with Gasteiger partial charge in [0.25, 0.3) is 0 Å². The van der Waals surface area contributed by atoms with Gasteiger partial charge in [-0.15, -0.1) is 11.3 Å². The predicted molar refractivity (Wildman–Crippen MR) is 84.1 cm³/mol. The highest BCUT2D eigenvalue weighted by molar-refractivity contribution is 7.13. The molecule has 1 N–H and O–H groups in total. The van der Waals surface area contributed by atoms with Crippen LogP contribution in [0.2, 0.25) is 0 Å². The normalized spacial score (nSPS) is 10.2. The number of hydrogen-bond acceptors (Lipinski definition) is 6. The van der Waals surface area contributed by atoms with Gasteiger partial charge in [-0.05, 0) is 25.1 Å². The van der Waals surface area contributed by atoms with Gasteiger partial charge >= 0.3 is 0 Å². The molecule has 22 heavy (non-hydrogen) atoms. The Labute approximate surface area is 130 Å². The fourth-order valence-electron chi connectivity index (χ4n) is 1.88. The van der Waals surface area contributed by atoms with E-state index in [0.717, 1.165) is 10.6 Å². The van der Waals surface area contributed by atoms with E-state index in [9.17, 15) is 4.79 Å². The number of thiazole rings is 1. The fourth-order valence-corrected chi connectivity index (χ4v) is 2.46. The van der Waals surface area contributed by atoms with E-state index in [1.54, 1.807) is 36.1 Å². The van der Waals surface area contributed by atoms with Gasteiger partial charge in [0.1, 0.15) is 17.3 Å². The lowest BCUT2D eigenvalue weighted by Crippen LogP contribution is -1.99. The van der Waals surface area contributed by atoms with Crippen LogP contribution in [0.1, 0.15) is 5.69 Å². The van der Waals surface area contributed by atoms with Gasteiger partial charge in [0.15, 0.2) is 0 Å². The third-order valence-corrected chi connectivity index (χ3v) is 3.68. The summed E-state index contributed by atoms with van der Waals surface area (Å²) in [7, 11) is 0. The summed E-state index contributed by atoms with van der Waals surface area (Å²) in [5, 5.41) is 2.50. The lowest BCUT2D eigenvalue weighted by molar-refractivity contribution is -0.105. The molecule has 0 unspecified atom stereocenters. The molecule has 3 aromatic rings. The molecule has 0 aliphatic heterocycles. The van der Waals surface area contributed by atoms with E-state index >= 15 is 0 Å². The zero-order valence-corrected chi connectivity index (χ0v) is 12.5. The second kappa shape index (κ2) is 6.31. The first-order chi connectivity index (χ1) is 10.8. The fraction of sp³-hybridized carbons (Fsp3) is 0.0667. The quantitative estimate of drug-likeness (QED) is 0.732. The van der Waals surface area contributed by atoms with Crippen LogP contribution in [0.15, 0.2) is 42.2 Å². The molecule has 6 nitrogen and oxygen atoms in total. The lowest BCUT2D eigenvalue weighted by atomic mass is 10.3. The Hall–Kier alpha value is -2.80. The van der Waals surface area contributed by atoms with Crippen LogP contribution < -0.4 is 10.1 Å². The zero-order valence-electron chi connectivity index (χ0n) is 11.7. The number of rotatable bonds is 5. The molecule has 110 valence electrons. The third kappa shape index (κ3) is 3.09. The number of amides is 1. The van der Waals surface area contributed by atoms with E-state index in [1.807, 2.05) is 13.0 Å². The summed E-state index contributed by atoms with van der Waals surface area (Å²) >= 11 is 1.52. The summed E-state index contributed by atoms with van der Waals surface area (Å²) in [6.45, 7) is 1.82. The molecule has 0 radical (unpaired) electrons. The van der Waals surface area contributed by atoms with E-state index < -0.39 is 0 Å². The number of pyridine rings is 2. The smallest absolute Gasteiger partial charge is 0.212 e. The van der Waals surface area contributed by atoms with E-state index in [0.29, 0.717) is 29.4 Å². The molecule has 3 rings (SSSR count). The molecule has 0 saturated carbocycles. The van der Waals surface area contributed by atoms with Gasteiger partial charge in [0.05, 0.1) is 21.8 Å². The van der Waals surface area contributed by atoms with Crippen molar-refractivity contribution in [2.75, 3.05) is 5.32 Å². The number of anilines is 1. The highest BCUT2D eigenvalue weighted by atomic mass is 32.1. The van der Waals surface area contributed by atoms with Crippen molar-refractivity contribution in [2.45, 2.75) is 6.92 Å². The largest absolute Gasteiger partial charge is 0.455 e. The standard InChI is InChI=1S/C15H12N4O2S/c1-10-13(2-3-15(19-10)18-8-20)21-11-4-5-17-12(6-11)14-7-16-9-22-14/h2-9H,1H3,(H,18,19,20). The van der Waals surface area contributed by atoms with Gasteiger partial charge < -0.3 is 10.1 Å². The molecular formula is C15H12N4O2S. The Morgan fingerprint density at radius 1 is 1.32 bits per heavy atom. The highest BCUT2D eigenvalue weighted by Crippen LogP contribution is 2.29. The van der Waals surface area contributed by atoms with Gasteiger partial charge in [-0.25, -0.2) is 4.98 Å². The lowest BCUT2D eigenvalue weighted by Gasteiger charge is -2.09. The number of carbonyl (C=O) groups is 1. The maximum Gasteiger partial charge on any atom is 0.212 e. The SMILES string of the molecule is Cc1nc(NC=O)ccc1Oc1ccnc(-c2cncs2)c1. The Bertz CT molecular complexity index is 790. The minimum Gasteiger partial charge on any atom is -0.455 e. The minimum absolute atomic E-state index is 0.486. The number of aromatic nitrogens is 3. The van der Waals surface area contributed by atoms with Crippen LogP contribution in [0.3, 0.4) is 0 Å². The molecule has 0 atom stereocenters. The van der Waals surface area contributed by atoms with Crippen molar-refractivity contribution >= 4 is 23.6 Å². The van der Waals surface area contributed by atoms with Gasteiger partial charge in [0, 0.05) is 18.5 Å². The molecule has 0 saturated heterocycles. The Kier molecular flexibility index (Phi) is 4.06. The zero-order chi connectivity index (χ0) is 15.4. The van der Waals surface area contributed by atoms with E-state index in [4.69, 9.17) is 4.74 Å². The minimum atomic E-state index is 0.486. The third-order valence-electron chi connectivity index (χ3n) is 2.89. The number of nitrogens with one attached hydrogen (secondary N) is 1. The van der Waals surface area contributed by atoms with E-state index in [-0.39, 0.29) is 0 Å². The van der Waals surface area contributed by atoms with Crippen LogP contribution in [0.4, 0.5) is 5.82 Å². The number of hydrogen-bond donors (Lipinski definition) is 1. The topological polar surface area (TPSA) is 77.0 Å². The molecule has 3 aromatic heterocycles. The van der Waals surface area contributed by atoms with Gasteiger partial charge in [0.2, 0.25) is 6.41 Å². The molecule has 1 amide bonds. The van der Waals surface area contributed by atoms with Crippen LogP contribution in [0.25, 0.3) is 10.6 Å². The Balaban J connectivity index is 1.84. The summed E-state index contributed by atoms with van der Waals surface area (Å²) in [6, 6.07) is 7.08. The van der Waals surface area contributed by atoms with E-state index in [1.165, 1.54) is 11.3 Å². The van der Waals surface area contributed by atoms with Gasteiger partial charge in [-0.2, -0.15) is 0 Å². The second-order valence-electron chi connectivity index (χ2n) is 4.39. The number of carbonyl (C=O) groups excluding carboxylic acids is 1. The van der Waals surface area contributed by atoms with Crippen LogP contribution in [-0.4, -0.2) is 21.4 Å². The van der Waals surface area contributed by atoms with Crippen molar-refractivity contribution in [3.05, 3.63) is 47.9 Å². The molecule has 7 heteroatoms. The van der Waals surface area contributed by atoms with Crippen molar-refractivity contribution in [2.24, 2.45) is 0 Å². The molecule has 0 spiro atoms. The molecule has 0 aliphatic carbocycles. The first-order valence-electron chi connectivity index (χ1n) is 6.47. The summed E-state index contributed by atoms with van der Waals surface area (Å²) in [6.07, 6.45) is 4.05. The molecule has 0 bridgehead atoms. The molecule has 0 aromatic carbocycles. The van der Waals surface area contributed by atoms with Crippen LogP contribution in [0.5, 0.6) is 11.5 Å². The monoisotopic (exact) mass is 312 g/mol.